The van der Waals surface area contributed by atoms with Gasteiger partial charge in [-0.15, -0.1) is 0 Å². The number of carbonyl (C=O) groups excluding carboxylic acids is 1. The molecule has 3 N–H and O–H groups in total. The smallest absolute Gasteiger partial charge is 0.299 e. The van der Waals surface area contributed by atoms with Gasteiger partial charge >= 0.3 is 5.69 Å². The number of aromatic nitrogens is 2. The van der Waals surface area contributed by atoms with Gasteiger partial charge in [0.05, 0.1) is 0 Å². The van der Waals surface area contributed by atoms with Gasteiger partial charge in [-0.05, 0) is 6.07 Å². The van der Waals surface area contributed by atoms with E-state index in [9.17, 15) is 9.59 Å². The first-order valence-corrected chi connectivity index (χ1v) is 3.75. The van der Waals surface area contributed by atoms with Gasteiger partial charge in [0.1, 0.15) is 0 Å². The maximum atomic E-state index is 11.0. The quantitative estimate of drug-likeness (QED) is 0.342. The lowest BCUT2D eigenvalue weighted by Crippen LogP contribution is -2.32. The number of hydrogen-bond donors (Lipinski definition) is 2. The molecular formula is C7H10N4O2. The molecule has 0 fully saturated rings. The van der Waals surface area contributed by atoms with E-state index in [0.29, 0.717) is 0 Å². The molecule has 6 heteroatoms. The Kier molecular flexibility index (Phi) is 3.15. The van der Waals surface area contributed by atoms with Crippen LogP contribution < -0.4 is 17.0 Å². The molecule has 0 radical (unpaired) electrons. The van der Waals surface area contributed by atoms with Crippen molar-refractivity contribution in [2.45, 2.75) is 13.0 Å². The molecule has 0 spiro atoms. The van der Waals surface area contributed by atoms with E-state index >= 15 is 0 Å². The highest BCUT2D eigenvalue weighted by Crippen LogP contribution is 1.85. The fourth-order valence-electron chi connectivity index (χ4n) is 0.851. The first-order chi connectivity index (χ1) is 6.24. The molecule has 1 aromatic rings. The summed E-state index contributed by atoms with van der Waals surface area (Å²) in [7, 11) is 0. The van der Waals surface area contributed by atoms with Crippen molar-refractivity contribution in [1.82, 2.24) is 15.0 Å². The zero-order valence-corrected chi connectivity index (χ0v) is 6.93. The Morgan fingerprint density at radius 1 is 1.69 bits per heavy atom. The minimum absolute atomic E-state index is 0.169. The molecule has 0 saturated heterocycles. The molecule has 1 rings (SSSR count). The Hall–Kier alpha value is -1.69. The van der Waals surface area contributed by atoms with Crippen molar-refractivity contribution in [1.29, 1.82) is 0 Å². The summed E-state index contributed by atoms with van der Waals surface area (Å²) in [6.45, 7) is 0.287. The summed E-state index contributed by atoms with van der Waals surface area (Å²) in [6.07, 6.45) is 3.14. The topological polar surface area (TPSA) is 90.0 Å². The first kappa shape index (κ1) is 9.40. The van der Waals surface area contributed by atoms with Crippen LogP contribution in [-0.2, 0) is 11.3 Å². The summed E-state index contributed by atoms with van der Waals surface area (Å²) in [5.74, 6) is 4.56. The highest BCUT2D eigenvalue weighted by atomic mass is 16.2. The first-order valence-electron chi connectivity index (χ1n) is 3.75. The van der Waals surface area contributed by atoms with E-state index in [1.165, 1.54) is 10.8 Å². The minimum atomic E-state index is -0.368. The molecule has 0 saturated carbocycles. The van der Waals surface area contributed by atoms with Crippen molar-refractivity contribution >= 4 is 5.91 Å². The maximum Gasteiger partial charge on any atom is 0.347 e. The molecule has 70 valence electrons. The Bertz CT molecular complexity index is 346. The van der Waals surface area contributed by atoms with E-state index in [1.807, 2.05) is 5.43 Å². The largest absolute Gasteiger partial charge is 0.347 e. The number of amides is 1. The molecule has 0 aromatic carbocycles. The third kappa shape index (κ3) is 2.68. The fourth-order valence-corrected chi connectivity index (χ4v) is 0.851. The molecule has 0 unspecified atom stereocenters. The van der Waals surface area contributed by atoms with Gasteiger partial charge in [0.2, 0.25) is 5.91 Å². The Morgan fingerprint density at radius 2 is 2.46 bits per heavy atom. The van der Waals surface area contributed by atoms with Gasteiger partial charge in [-0.25, -0.2) is 15.6 Å². The summed E-state index contributed by atoms with van der Waals surface area (Å²) in [6, 6.07) is 1.63. The molecule has 0 aliphatic heterocycles. The van der Waals surface area contributed by atoms with Gasteiger partial charge in [0.25, 0.3) is 0 Å². The summed E-state index contributed by atoms with van der Waals surface area (Å²) in [5.41, 5.74) is 1.61. The highest BCUT2D eigenvalue weighted by molar-refractivity contribution is 5.74. The van der Waals surface area contributed by atoms with Gasteiger partial charge in [0, 0.05) is 25.4 Å². The molecule has 0 aliphatic carbocycles. The molecule has 1 amide bonds. The van der Waals surface area contributed by atoms with Crippen LogP contribution in [0.5, 0.6) is 0 Å². The SMILES string of the molecule is NNC(=O)CCn1cccnc1=O. The number of nitrogens with two attached hydrogens (primary N) is 1. The molecule has 0 bridgehead atoms. The zero-order valence-electron chi connectivity index (χ0n) is 6.93. The van der Waals surface area contributed by atoms with Crippen LogP contribution in [0.15, 0.2) is 23.3 Å². The van der Waals surface area contributed by atoms with Crippen molar-refractivity contribution in [3.63, 3.8) is 0 Å². The van der Waals surface area contributed by atoms with Crippen LogP contribution in [-0.4, -0.2) is 15.5 Å². The van der Waals surface area contributed by atoms with Crippen molar-refractivity contribution < 1.29 is 4.79 Å². The average molecular weight is 182 g/mol. The molecular weight excluding hydrogens is 172 g/mol. The summed E-state index contributed by atoms with van der Waals surface area (Å²) in [4.78, 5) is 25.3. The number of nitrogens with zero attached hydrogens (tertiary/aromatic N) is 2. The molecule has 0 atom stereocenters. The molecule has 1 aromatic heterocycles. The number of nitrogens with one attached hydrogen (secondary N) is 1. The Balaban J connectivity index is 2.60. The number of hydrazine groups is 1. The Labute approximate surface area is 74.4 Å². The lowest BCUT2D eigenvalue weighted by molar-refractivity contribution is -0.121. The third-order valence-corrected chi connectivity index (χ3v) is 1.52. The number of carbonyl (C=O) groups is 1. The second kappa shape index (κ2) is 4.36. The molecule has 6 nitrogen and oxygen atoms in total. The summed E-state index contributed by atoms with van der Waals surface area (Å²) in [5, 5.41) is 0. The van der Waals surface area contributed by atoms with Crippen LogP contribution in [0.3, 0.4) is 0 Å². The monoisotopic (exact) mass is 182 g/mol. The van der Waals surface area contributed by atoms with E-state index in [1.54, 1.807) is 12.3 Å². The van der Waals surface area contributed by atoms with Crippen molar-refractivity contribution in [2.24, 2.45) is 5.84 Å². The normalized spacial score (nSPS) is 9.62. The predicted molar refractivity (Wildman–Crippen MR) is 45.4 cm³/mol. The molecule has 1 heterocycles. The van der Waals surface area contributed by atoms with Gasteiger partial charge in [0.15, 0.2) is 0 Å². The van der Waals surface area contributed by atoms with Crippen molar-refractivity contribution in [2.75, 3.05) is 0 Å². The zero-order chi connectivity index (χ0) is 9.68. The van der Waals surface area contributed by atoms with E-state index in [2.05, 4.69) is 4.98 Å². The summed E-state index contributed by atoms with van der Waals surface area (Å²) < 4.78 is 1.34. The second-order valence-electron chi connectivity index (χ2n) is 2.41. The van der Waals surface area contributed by atoms with Crippen LogP contribution in [0.1, 0.15) is 6.42 Å². The van der Waals surface area contributed by atoms with E-state index in [-0.39, 0.29) is 24.6 Å². The van der Waals surface area contributed by atoms with E-state index < -0.39 is 0 Å². The average Bonchev–Trinajstić information content (AvgIpc) is 2.16. The van der Waals surface area contributed by atoms with Crippen molar-refractivity contribution in [3.8, 4) is 0 Å². The van der Waals surface area contributed by atoms with Crippen LogP contribution in [0.25, 0.3) is 0 Å². The third-order valence-electron chi connectivity index (χ3n) is 1.52. The van der Waals surface area contributed by atoms with Gasteiger partial charge in [-0.3, -0.25) is 14.8 Å². The highest BCUT2D eigenvalue weighted by Gasteiger charge is 1.99. The van der Waals surface area contributed by atoms with Crippen molar-refractivity contribution in [3.05, 3.63) is 28.9 Å². The number of rotatable bonds is 3. The van der Waals surface area contributed by atoms with Gasteiger partial charge in [-0.2, -0.15) is 0 Å². The lowest BCUT2D eigenvalue weighted by Gasteiger charge is -2.02. The van der Waals surface area contributed by atoms with Crippen LogP contribution in [0.4, 0.5) is 0 Å². The molecule has 13 heavy (non-hydrogen) atoms. The molecule has 0 aliphatic rings. The summed E-state index contributed by atoms with van der Waals surface area (Å²) >= 11 is 0. The van der Waals surface area contributed by atoms with Crippen LogP contribution in [0, 0.1) is 0 Å². The lowest BCUT2D eigenvalue weighted by atomic mass is 10.4. The maximum absolute atomic E-state index is 11.0. The van der Waals surface area contributed by atoms with Crippen LogP contribution in [0.2, 0.25) is 0 Å². The second-order valence-corrected chi connectivity index (χ2v) is 2.41. The van der Waals surface area contributed by atoms with Gasteiger partial charge in [-0.1, -0.05) is 0 Å². The minimum Gasteiger partial charge on any atom is -0.299 e. The number of hydrogen-bond acceptors (Lipinski definition) is 4. The van der Waals surface area contributed by atoms with Gasteiger partial charge < -0.3 is 0 Å². The standard InChI is InChI=1S/C7H10N4O2/c8-10-6(12)2-5-11-4-1-3-9-7(11)13/h1,3-4H,2,5,8H2,(H,10,12). The predicted octanol–water partition coefficient (Wildman–Crippen LogP) is -1.38. The van der Waals surface area contributed by atoms with E-state index in [0.717, 1.165) is 0 Å². The van der Waals surface area contributed by atoms with E-state index in [4.69, 9.17) is 5.84 Å². The fraction of sp³-hybridized carbons (Fsp3) is 0.286. The van der Waals surface area contributed by atoms with Crippen LogP contribution >= 0.6 is 0 Å². The Morgan fingerprint density at radius 3 is 3.08 bits per heavy atom. The number of aryl methyl sites for hydroxylation is 1.